The minimum Gasteiger partial charge on any atom is -0.423 e. The highest BCUT2D eigenvalue weighted by Gasteiger charge is 2.28. The highest BCUT2D eigenvalue weighted by Crippen LogP contribution is 2.28. The van der Waals surface area contributed by atoms with E-state index in [1.54, 1.807) is 0 Å². The van der Waals surface area contributed by atoms with Crippen molar-refractivity contribution in [2.24, 2.45) is 0 Å². The van der Waals surface area contributed by atoms with Crippen molar-refractivity contribution in [2.75, 3.05) is 18.0 Å². The number of rotatable bonds is 6. The van der Waals surface area contributed by atoms with Crippen molar-refractivity contribution in [1.29, 1.82) is 0 Å². The van der Waals surface area contributed by atoms with E-state index in [9.17, 15) is 4.79 Å². The number of para-hydroxylation sites is 2. The Bertz CT molecular complexity index is 907. The zero-order valence-electron chi connectivity index (χ0n) is 15.0. The lowest BCUT2D eigenvalue weighted by molar-refractivity contribution is -0.121. The molecule has 1 unspecified atom stereocenters. The van der Waals surface area contributed by atoms with Gasteiger partial charge in [-0.3, -0.25) is 4.79 Å². The molecular weight excluding hydrogens is 362 g/mol. The number of carbonyl (C=O) groups is 1. The van der Waals surface area contributed by atoms with E-state index in [-0.39, 0.29) is 11.9 Å². The van der Waals surface area contributed by atoms with Gasteiger partial charge in [-0.25, -0.2) is 0 Å². The lowest BCUT2D eigenvalue weighted by atomic mass is 10.1. The molecule has 0 bridgehead atoms. The third-order valence-corrected chi connectivity index (χ3v) is 5.21. The number of aryl methyl sites for hydroxylation is 1. The van der Waals surface area contributed by atoms with Crippen LogP contribution < -0.4 is 10.2 Å². The molecule has 0 saturated carbocycles. The highest BCUT2D eigenvalue weighted by molar-refractivity contribution is 6.30. The van der Waals surface area contributed by atoms with Crippen molar-refractivity contribution in [3.05, 3.63) is 59.1 Å². The van der Waals surface area contributed by atoms with Gasteiger partial charge in [-0.1, -0.05) is 35.9 Å². The largest absolute Gasteiger partial charge is 0.423 e. The minimum atomic E-state index is 0.0550. The number of benzene rings is 2. The number of nitrogens with zero attached hydrogens (tertiary/aromatic N) is 2. The van der Waals surface area contributed by atoms with Crippen LogP contribution in [0.1, 0.15) is 24.8 Å². The van der Waals surface area contributed by atoms with Gasteiger partial charge >= 0.3 is 0 Å². The smallest absolute Gasteiger partial charge is 0.298 e. The lowest BCUT2D eigenvalue weighted by Crippen LogP contribution is -2.40. The lowest BCUT2D eigenvalue weighted by Gasteiger charge is -2.23. The summed E-state index contributed by atoms with van der Waals surface area (Å²) in [6.07, 6.45) is 3.23. The highest BCUT2D eigenvalue weighted by atomic mass is 35.5. The van der Waals surface area contributed by atoms with E-state index in [2.05, 4.69) is 15.2 Å². The Kier molecular flexibility index (Phi) is 5.30. The van der Waals surface area contributed by atoms with E-state index in [0.717, 1.165) is 36.0 Å². The van der Waals surface area contributed by atoms with Crippen molar-refractivity contribution in [3.63, 3.8) is 0 Å². The molecule has 0 aliphatic carbocycles. The molecule has 1 aliphatic rings. The second-order valence-electron chi connectivity index (χ2n) is 6.89. The summed E-state index contributed by atoms with van der Waals surface area (Å²) in [5.41, 5.74) is 2.74. The maximum Gasteiger partial charge on any atom is 0.298 e. The SMILES string of the molecule is O=C(CCc1cccc(Cl)c1)NCC1CCCN1c1nc2ccccc2o1. The monoisotopic (exact) mass is 383 g/mol. The van der Waals surface area contributed by atoms with Gasteiger partial charge in [0.15, 0.2) is 5.58 Å². The first-order chi connectivity index (χ1) is 13.2. The fraction of sp³-hybridized carbons (Fsp3) is 0.333. The Labute approximate surface area is 163 Å². The van der Waals surface area contributed by atoms with Crippen LogP contribution in [0.5, 0.6) is 0 Å². The molecule has 1 aliphatic heterocycles. The van der Waals surface area contributed by atoms with Gasteiger partial charge < -0.3 is 14.6 Å². The molecule has 3 aromatic rings. The summed E-state index contributed by atoms with van der Waals surface area (Å²) in [5, 5.41) is 3.76. The summed E-state index contributed by atoms with van der Waals surface area (Å²) in [4.78, 5) is 19.0. The minimum absolute atomic E-state index is 0.0550. The molecule has 6 heteroatoms. The van der Waals surface area contributed by atoms with Crippen molar-refractivity contribution in [3.8, 4) is 0 Å². The third kappa shape index (κ3) is 4.25. The molecule has 1 fully saturated rings. The van der Waals surface area contributed by atoms with Crippen LogP contribution in [0, 0.1) is 0 Å². The number of hydrogen-bond acceptors (Lipinski definition) is 4. The van der Waals surface area contributed by atoms with Crippen molar-refractivity contribution in [1.82, 2.24) is 10.3 Å². The maximum atomic E-state index is 12.2. The van der Waals surface area contributed by atoms with E-state index < -0.39 is 0 Å². The van der Waals surface area contributed by atoms with E-state index >= 15 is 0 Å². The van der Waals surface area contributed by atoms with Gasteiger partial charge in [0.1, 0.15) is 5.52 Å². The number of nitrogens with one attached hydrogen (secondary N) is 1. The molecule has 140 valence electrons. The van der Waals surface area contributed by atoms with Crippen LogP contribution in [-0.2, 0) is 11.2 Å². The van der Waals surface area contributed by atoms with Crippen LogP contribution in [0.25, 0.3) is 11.1 Å². The van der Waals surface area contributed by atoms with Gasteiger partial charge in [-0.2, -0.15) is 4.98 Å². The second-order valence-corrected chi connectivity index (χ2v) is 7.32. The number of halogens is 1. The van der Waals surface area contributed by atoms with Crippen LogP contribution in [-0.4, -0.2) is 30.0 Å². The number of oxazole rings is 1. The molecule has 27 heavy (non-hydrogen) atoms. The van der Waals surface area contributed by atoms with Gasteiger partial charge in [-0.05, 0) is 49.1 Å². The molecule has 0 radical (unpaired) electrons. The number of fused-ring (bicyclic) bond motifs is 1. The van der Waals surface area contributed by atoms with Crippen LogP contribution in [0.3, 0.4) is 0 Å². The van der Waals surface area contributed by atoms with Crippen molar-refractivity contribution >= 4 is 34.6 Å². The van der Waals surface area contributed by atoms with Crippen LogP contribution >= 0.6 is 11.6 Å². The van der Waals surface area contributed by atoms with Gasteiger partial charge in [0.25, 0.3) is 6.01 Å². The standard InChI is InChI=1S/C21H22ClN3O2/c22-16-6-3-5-15(13-16)10-11-20(26)23-14-17-7-4-12-25(17)21-24-18-8-1-2-9-19(18)27-21/h1-3,5-6,8-9,13,17H,4,7,10-12,14H2,(H,23,26). The molecule has 0 spiro atoms. The third-order valence-electron chi connectivity index (χ3n) is 4.97. The normalized spacial score (nSPS) is 16.8. The molecular formula is C21H22ClN3O2. The van der Waals surface area contributed by atoms with E-state index in [1.165, 1.54) is 0 Å². The van der Waals surface area contributed by atoms with Crippen LogP contribution in [0.15, 0.2) is 52.9 Å². The molecule has 1 atom stereocenters. The average molecular weight is 384 g/mol. The van der Waals surface area contributed by atoms with Gasteiger partial charge in [0.2, 0.25) is 5.91 Å². The number of anilines is 1. The summed E-state index contributed by atoms with van der Waals surface area (Å²) < 4.78 is 5.90. The fourth-order valence-electron chi connectivity index (χ4n) is 3.55. The predicted molar refractivity (Wildman–Crippen MR) is 107 cm³/mol. The van der Waals surface area contributed by atoms with Crippen molar-refractivity contribution < 1.29 is 9.21 Å². The van der Waals surface area contributed by atoms with Crippen molar-refractivity contribution in [2.45, 2.75) is 31.7 Å². The summed E-state index contributed by atoms with van der Waals surface area (Å²) in [5.74, 6) is 0.0550. The Balaban J connectivity index is 1.32. The molecule has 1 N–H and O–H groups in total. The average Bonchev–Trinajstić information content (AvgIpc) is 3.31. The Hall–Kier alpha value is -2.53. The summed E-state index contributed by atoms with van der Waals surface area (Å²) in [7, 11) is 0. The Morgan fingerprint density at radius 2 is 2.15 bits per heavy atom. The molecule has 5 nitrogen and oxygen atoms in total. The zero-order chi connectivity index (χ0) is 18.6. The quantitative estimate of drug-likeness (QED) is 0.693. The first-order valence-corrected chi connectivity index (χ1v) is 9.70. The molecule has 1 amide bonds. The van der Waals surface area contributed by atoms with Crippen LogP contribution in [0.2, 0.25) is 5.02 Å². The zero-order valence-corrected chi connectivity index (χ0v) is 15.8. The molecule has 2 heterocycles. The fourth-order valence-corrected chi connectivity index (χ4v) is 3.77. The van der Waals surface area contributed by atoms with Gasteiger partial charge in [0.05, 0.1) is 6.04 Å². The molecule has 2 aromatic carbocycles. The number of hydrogen-bond donors (Lipinski definition) is 1. The molecule has 1 saturated heterocycles. The van der Waals surface area contributed by atoms with Crippen LogP contribution in [0.4, 0.5) is 6.01 Å². The first kappa shape index (κ1) is 17.9. The van der Waals surface area contributed by atoms with Gasteiger partial charge in [0, 0.05) is 24.5 Å². The molecule has 1 aromatic heterocycles. The summed E-state index contributed by atoms with van der Waals surface area (Å²) in [6.45, 7) is 1.50. The topological polar surface area (TPSA) is 58.4 Å². The molecule has 4 rings (SSSR count). The van der Waals surface area contributed by atoms with E-state index in [4.69, 9.17) is 16.0 Å². The van der Waals surface area contributed by atoms with E-state index in [0.29, 0.717) is 30.4 Å². The summed E-state index contributed by atoms with van der Waals surface area (Å²) >= 11 is 5.99. The Morgan fingerprint density at radius 1 is 1.26 bits per heavy atom. The van der Waals surface area contributed by atoms with E-state index in [1.807, 2.05) is 48.5 Å². The second kappa shape index (κ2) is 8.01. The predicted octanol–water partition coefficient (Wildman–Crippen LogP) is 4.20. The first-order valence-electron chi connectivity index (χ1n) is 9.32. The number of carbonyl (C=O) groups excluding carboxylic acids is 1. The summed E-state index contributed by atoms with van der Waals surface area (Å²) in [6, 6.07) is 16.3. The van der Waals surface area contributed by atoms with Gasteiger partial charge in [-0.15, -0.1) is 0 Å². The number of aromatic nitrogens is 1. The Morgan fingerprint density at radius 3 is 3.00 bits per heavy atom. The maximum absolute atomic E-state index is 12.2. The number of amides is 1.